The van der Waals surface area contributed by atoms with Gasteiger partial charge in [-0.2, -0.15) is 0 Å². The third kappa shape index (κ3) is 4.90. The van der Waals surface area contributed by atoms with Gasteiger partial charge in [0.05, 0.1) is 0 Å². The molecule has 1 aliphatic heterocycles. The minimum atomic E-state index is 0.363. The molecule has 0 spiro atoms. The first-order chi connectivity index (χ1) is 5.41. The second-order valence-electron chi connectivity index (χ2n) is 4.75. The maximum absolute atomic E-state index is 4.67. The Bertz CT molecular complexity index is 120. The van der Waals surface area contributed by atoms with E-state index in [0.29, 0.717) is 11.1 Å². The van der Waals surface area contributed by atoms with Gasteiger partial charge in [-0.15, -0.1) is 0 Å². The van der Waals surface area contributed by atoms with E-state index in [9.17, 15) is 0 Å². The summed E-state index contributed by atoms with van der Waals surface area (Å²) in [7, 11) is 4.67. The average Bonchev–Trinajstić information content (AvgIpc) is 1.86. The highest BCUT2D eigenvalue weighted by Gasteiger charge is 2.31. The van der Waals surface area contributed by atoms with E-state index in [1.807, 2.05) is 0 Å². The first-order valence-electron chi connectivity index (χ1n) is 4.47. The Kier molecular flexibility index (Phi) is 5.46. The molecular formula is C9H19ClMgN+2. The van der Waals surface area contributed by atoms with Crippen molar-refractivity contribution in [2.24, 2.45) is 0 Å². The van der Waals surface area contributed by atoms with E-state index < -0.39 is 0 Å². The lowest BCUT2D eigenvalue weighted by Crippen LogP contribution is -2.55. The Balaban J connectivity index is 0.000000561. The van der Waals surface area contributed by atoms with Crippen molar-refractivity contribution in [2.45, 2.75) is 58.0 Å². The van der Waals surface area contributed by atoms with Crippen molar-refractivity contribution in [1.82, 2.24) is 5.32 Å². The summed E-state index contributed by atoms with van der Waals surface area (Å²) in [6, 6.07) is 0. The SMILES string of the molecule is CC1(C)CCCC(C)(C)N1.[Mg+2][Cl]. The van der Waals surface area contributed by atoms with Crippen LogP contribution in [0.1, 0.15) is 47.0 Å². The molecule has 12 heavy (non-hydrogen) atoms. The predicted molar refractivity (Wildman–Crippen MR) is 56.8 cm³/mol. The van der Waals surface area contributed by atoms with Crippen LogP contribution < -0.4 is 5.32 Å². The molecule has 1 heterocycles. The first-order valence-corrected chi connectivity index (χ1v) is 6.61. The molecule has 0 aromatic heterocycles. The summed E-state index contributed by atoms with van der Waals surface area (Å²) < 4.78 is 0. The summed E-state index contributed by atoms with van der Waals surface area (Å²) in [5.74, 6) is 0. The predicted octanol–water partition coefficient (Wildman–Crippen LogP) is 2.63. The van der Waals surface area contributed by atoms with E-state index in [0.717, 1.165) is 0 Å². The molecule has 3 heteroatoms. The Labute approximate surface area is 92.8 Å². The molecule has 0 aromatic rings. The van der Waals surface area contributed by atoms with Crippen LogP contribution in [0.3, 0.4) is 0 Å². The average molecular weight is 201 g/mol. The van der Waals surface area contributed by atoms with Crippen molar-refractivity contribution in [1.29, 1.82) is 0 Å². The Morgan fingerprint density at radius 1 is 1.00 bits per heavy atom. The molecule has 1 aliphatic rings. The van der Waals surface area contributed by atoms with Crippen LogP contribution in [0.5, 0.6) is 0 Å². The molecule has 0 saturated carbocycles. The van der Waals surface area contributed by atoms with Gasteiger partial charge in [0, 0.05) is 11.1 Å². The number of piperidine rings is 1. The van der Waals surface area contributed by atoms with E-state index in [1.54, 1.807) is 0 Å². The zero-order valence-corrected chi connectivity index (χ0v) is 10.9. The fourth-order valence-corrected chi connectivity index (χ4v) is 2.01. The Morgan fingerprint density at radius 2 is 1.33 bits per heavy atom. The molecule has 1 rings (SSSR count). The molecular weight excluding hydrogens is 182 g/mol. The summed E-state index contributed by atoms with van der Waals surface area (Å²) in [4.78, 5) is 0. The molecule has 67 valence electrons. The van der Waals surface area contributed by atoms with Gasteiger partial charge >= 0.3 is 29.7 Å². The number of nitrogens with one attached hydrogen (secondary N) is 1. The van der Waals surface area contributed by atoms with Crippen LogP contribution in [-0.4, -0.2) is 31.7 Å². The highest BCUT2D eigenvalue weighted by molar-refractivity contribution is 6.80. The van der Waals surface area contributed by atoms with Crippen LogP contribution in [-0.2, 0) is 0 Å². The summed E-state index contributed by atoms with van der Waals surface area (Å²) in [5.41, 5.74) is 0.726. The van der Waals surface area contributed by atoms with Crippen LogP contribution in [0.25, 0.3) is 0 Å². The van der Waals surface area contributed by atoms with Crippen molar-refractivity contribution < 1.29 is 0 Å². The van der Waals surface area contributed by atoms with Gasteiger partial charge in [-0.05, 0) is 47.0 Å². The first kappa shape index (κ1) is 13.0. The van der Waals surface area contributed by atoms with E-state index in [1.165, 1.54) is 39.9 Å². The number of hydrogen-bond donors (Lipinski definition) is 1. The normalized spacial score (nSPS) is 25.5. The van der Waals surface area contributed by atoms with Crippen molar-refractivity contribution >= 4 is 29.7 Å². The van der Waals surface area contributed by atoms with Gasteiger partial charge in [-0.1, -0.05) is 0 Å². The lowest BCUT2D eigenvalue weighted by atomic mass is 9.83. The molecule has 0 amide bonds. The summed E-state index contributed by atoms with van der Waals surface area (Å²) in [6.45, 7) is 9.14. The largest absolute Gasteiger partial charge is 1.59 e. The van der Waals surface area contributed by atoms with Crippen LogP contribution >= 0.6 is 9.07 Å². The van der Waals surface area contributed by atoms with E-state index in [2.05, 4.69) is 42.1 Å². The quantitative estimate of drug-likeness (QED) is 0.594. The smallest absolute Gasteiger partial charge is 0.307 e. The van der Waals surface area contributed by atoms with Crippen molar-refractivity contribution in [3.63, 3.8) is 0 Å². The molecule has 1 fully saturated rings. The Morgan fingerprint density at radius 3 is 1.50 bits per heavy atom. The molecule has 0 atom stereocenters. The highest BCUT2D eigenvalue weighted by Crippen LogP contribution is 2.27. The monoisotopic (exact) mass is 200 g/mol. The van der Waals surface area contributed by atoms with Gasteiger partial charge in [-0.25, -0.2) is 0 Å². The van der Waals surface area contributed by atoms with Gasteiger partial charge < -0.3 is 5.32 Å². The minimum absolute atomic E-state index is 0.363. The summed E-state index contributed by atoms with van der Waals surface area (Å²) in [5, 5.41) is 3.63. The summed E-state index contributed by atoms with van der Waals surface area (Å²) in [6.07, 6.45) is 4.00. The molecule has 0 bridgehead atoms. The van der Waals surface area contributed by atoms with E-state index >= 15 is 0 Å². The third-order valence-electron chi connectivity index (χ3n) is 2.28. The maximum Gasteiger partial charge on any atom is 1.59 e. The van der Waals surface area contributed by atoms with Crippen LogP contribution in [0.15, 0.2) is 0 Å². The van der Waals surface area contributed by atoms with Gasteiger partial charge in [0.25, 0.3) is 0 Å². The Hall–Kier alpha value is 1.02. The van der Waals surface area contributed by atoms with Gasteiger partial charge in [0.15, 0.2) is 0 Å². The number of hydrogen-bond acceptors (Lipinski definition) is 1. The minimum Gasteiger partial charge on any atom is -0.307 e. The van der Waals surface area contributed by atoms with Gasteiger partial charge in [-0.3, -0.25) is 0 Å². The second-order valence-corrected chi connectivity index (χ2v) is 4.75. The fourth-order valence-electron chi connectivity index (χ4n) is 2.01. The molecule has 7 radical (unpaired) electrons. The molecule has 1 saturated heterocycles. The van der Waals surface area contributed by atoms with Crippen molar-refractivity contribution in [2.75, 3.05) is 0 Å². The molecule has 0 unspecified atom stereocenters. The number of rotatable bonds is 0. The van der Waals surface area contributed by atoms with Crippen LogP contribution in [0, 0.1) is 0 Å². The fraction of sp³-hybridized carbons (Fsp3) is 1.00. The molecule has 0 aromatic carbocycles. The van der Waals surface area contributed by atoms with Crippen molar-refractivity contribution in [3.05, 3.63) is 0 Å². The molecule has 1 nitrogen and oxygen atoms in total. The zero-order chi connectivity index (χ0) is 9.83. The third-order valence-corrected chi connectivity index (χ3v) is 2.28. The van der Waals surface area contributed by atoms with Gasteiger partial charge in [0.1, 0.15) is 0 Å². The van der Waals surface area contributed by atoms with E-state index in [-0.39, 0.29) is 0 Å². The van der Waals surface area contributed by atoms with Crippen molar-refractivity contribution in [3.8, 4) is 0 Å². The van der Waals surface area contributed by atoms with Crippen LogP contribution in [0.4, 0.5) is 0 Å². The topological polar surface area (TPSA) is 12.0 Å². The maximum atomic E-state index is 4.67. The lowest BCUT2D eigenvalue weighted by molar-refractivity contribution is 0.183. The highest BCUT2D eigenvalue weighted by atomic mass is 35.5. The van der Waals surface area contributed by atoms with Gasteiger partial charge in [0.2, 0.25) is 0 Å². The lowest BCUT2D eigenvalue weighted by Gasteiger charge is -2.42. The molecule has 0 aliphatic carbocycles. The second kappa shape index (κ2) is 5.04. The van der Waals surface area contributed by atoms with E-state index in [4.69, 9.17) is 0 Å². The number of halogens is 1. The summed E-state index contributed by atoms with van der Waals surface area (Å²) >= 11 is 1.33. The molecule has 1 N–H and O–H groups in total. The van der Waals surface area contributed by atoms with Crippen LogP contribution in [0.2, 0.25) is 0 Å². The zero-order valence-electron chi connectivity index (χ0n) is 8.71. The standard InChI is InChI=1S/C9H19N.ClH.Mg/c1-8(2)6-5-7-9(3,4)10-8;;/h10H,5-7H2,1-4H3;1H;/q;;+3/p-1.